The minimum atomic E-state index is -0.264. The molecule has 1 aromatic heterocycles. The number of amides is 1. The van der Waals surface area contributed by atoms with Crippen molar-refractivity contribution >= 4 is 5.91 Å². The number of rotatable bonds is 8. The summed E-state index contributed by atoms with van der Waals surface area (Å²) in [5.41, 5.74) is 1.89. The van der Waals surface area contributed by atoms with E-state index in [1.54, 1.807) is 33.5 Å². The third kappa shape index (κ3) is 4.65. The van der Waals surface area contributed by atoms with Gasteiger partial charge in [-0.25, -0.2) is 0 Å². The highest BCUT2D eigenvalue weighted by Gasteiger charge is 2.13. The molecule has 3 rings (SSSR count). The lowest BCUT2D eigenvalue weighted by atomic mass is 10.1. The van der Waals surface area contributed by atoms with Gasteiger partial charge in [0.15, 0.2) is 5.76 Å². The summed E-state index contributed by atoms with van der Waals surface area (Å²) in [6.07, 6.45) is 0.492. The summed E-state index contributed by atoms with van der Waals surface area (Å²) < 4.78 is 21.5. The van der Waals surface area contributed by atoms with Crippen LogP contribution < -0.4 is 19.5 Å². The van der Waals surface area contributed by atoms with E-state index in [1.165, 1.54) is 0 Å². The number of hydrogen-bond acceptors (Lipinski definition) is 5. The maximum atomic E-state index is 12.4. The Labute approximate surface area is 164 Å². The molecule has 0 fully saturated rings. The molecule has 0 saturated heterocycles. The SMILES string of the molecule is COc1ccc(CNC(=O)c2ccc(Cc3cc(OC)ccc3OC)o2)cc1. The van der Waals surface area contributed by atoms with Gasteiger partial charge in [0.25, 0.3) is 5.91 Å². The van der Waals surface area contributed by atoms with Crippen LogP contribution in [0.4, 0.5) is 0 Å². The monoisotopic (exact) mass is 381 g/mol. The highest BCUT2D eigenvalue weighted by atomic mass is 16.5. The molecule has 1 N–H and O–H groups in total. The normalized spacial score (nSPS) is 10.4. The fourth-order valence-corrected chi connectivity index (χ4v) is 2.82. The number of furan rings is 1. The number of carbonyl (C=O) groups excluding carboxylic acids is 1. The van der Waals surface area contributed by atoms with Crippen molar-refractivity contribution in [3.63, 3.8) is 0 Å². The van der Waals surface area contributed by atoms with Gasteiger partial charge in [0, 0.05) is 18.5 Å². The topological polar surface area (TPSA) is 69.9 Å². The van der Waals surface area contributed by atoms with Gasteiger partial charge in [0.05, 0.1) is 21.3 Å². The van der Waals surface area contributed by atoms with Crippen LogP contribution in [0, 0.1) is 0 Å². The van der Waals surface area contributed by atoms with Crippen molar-refractivity contribution in [2.75, 3.05) is 21.3 Å². The van der Waals surface area contributed by atoms with E-state index in [0.717, 1.165) is 28.4 Å². The molecule has 0 unspecified atom stereocenters. The van der Waals surface area contributed by atoms with Gasteiger partial charge in [-0.1, -0.05) is 12.1 Å². The molecule has 1 heterocycles. The van der Waals surface area contributed by atoms with Crippen molar-refractivity contribution < 1.29 is 23.4 Å². The third-order valence-electron chi connectivity index (χ3n) is 4.35. The van der Waals surface area contributed by atoms with Crippen LogP contribution in [0.5, 0.6) is 17.2 Å². The molecule has 6 nitrogen and oxygen atoms in total. The molecule has 1 amide bonds. The third-order valence-corrected chi connectivity index (χ3v) is 4.35. The largest absolute Gasteiger partial charge is 0.497 e. The van der Waals surface area contributed by atoms with Gasteiger partial charge < -0.3 is 23.9 Å². The van der Waals surface area contributed by atoms with Crippen LogP contribution in [0.15, 0.2) is 59.0 Å². The van der Waals surface area contributed by atoms with Gasteiger partial charge in [-0.05, 0) is 48.0 Å². The van der Waals surface area contributed by atoms with Crippen LogP contribution in [-0.2, 0) is 13.0 Å². The molecule has 0 aliphatic rings. The van der Waals surface area contributed by atoms with Gasteiger partial charge in [-0.15, -0.1) is 0 Å². The highest BCUT2D eigenvalue weighted by Crippen LogP contribution is 2.27. The predicted octanol–water partition coefficient (Wildman–Crippen LogP) is 3.83. The first-order valence-corrected chi connectivity index (χ1v) is 8.83. The Kier molecular flexibility index (Phi) is 6.22. The number of nitrogens with one attached hydrogen (secondary N) is 1. The Morgan fingerprint density at radius 2 is 1.61 bits per heavy atom. The van der Waals surface area contributed by atoms with Crippen molar-refractivity contribution in [3.05, 3.63) is 77.2 Å². The molecule has 0 aliphatic carbocycles. The van der Waals surface area contributed by atoms with Crippen LogP contribution in [0.2, 0.25) is 0 Å². The average Bonchev–Trinajstić information content (AvgIpc) is 3.21. The van der Waals surface area contributed by atoms with Crippen LogP contribution in [0.25, 0.3) is 0 Å². The molecular formula is C22H23NO5. The Balaban J connectivity index is 1.64. The summed E-state index contributed by atoms with van der Waals surface area (Å²) in [5, 5.41) is 2.85. The second-order valence-electron chi connectivity index (χ2n) is 6.15. The fourth-order valence-electron chi connectivity index (χ4n) is 2.82. The summed E-state index contributed by atoms with van der Waals surface area (Å²) in [6.45, 7) is 0.405. The van der Waals surface area contributed by atoms with E-state index in [0.29, 0.717) is 18.7 Å². The summed E-state index contributed by atoms with van der Waals surface area (Å²) in [4.78, 5) is 12.4. The molecule has 3 aromatic rings. The first-order valence-electron chi connectivity index (χ1n) is 8.83. The zero-order valence-electron chi connectivity index (χ0n) is 16.2. The standard InChI is InChI=1S/C22H23NO5/c1-25-17-6-4-15(5-7-17)14-23-22(24)21-11-9-19(28-21)13-16-12-18(26-2)8-10-20(16)27-3/h4-12H,13-14H2,1-3H3,(H,23,24). The van der Waals surface area contributed by atoms with Crippen LogP contribution in [0.3, 0.4) is 0 Å². The predicted molar refractivity (Wildman–Crippen MR) is 105 cm³/mol. The Bertz CT molecular complexity index is 930. The van der Waals surface area contributed by atoms with E-state index in [9.17, 15) is 4.79 Å². The van der Waals surface area contributed by atoms with E-state index in [4.69, 9.17) is 18.6 Å². The van der Waals surface area contributed by atoms with E-state index >= 15 is 0 Å². The molecule has 0 bridgehead atoms. The van der Waals surface area contributed by atoms with Gasteiger partial charge in [-0.3, -0.25) is 4.79 Å². The van der Waals surface area contributed by atoms with Crippen LogP contribution in [0.1, 0.15) is 27.4 Å². The lowest BCUT2D eigenvalue weighted by Gasteiger charge is -2.09. The number of benzene rings is 2. The van der Waals surface area contributed by atoms with Gasteiger partial charge in [0.1, 0.15) is 23.0 Å². The maximum absolute atomic E-state index is 12.4. The highest BCUT2D eigenvalue weighted by molar-refractivity contribution is 5.91. The van der Waals surface area contributed by atoms with E-state index in [-0.39, 0.29) is 11.7 Å². The Hall–Kier alpha value is -3.41. The molecule has 0 saturated carbocycles. The second-order valence-corrected chi connectivity index (χ2v) is 6.15. The van der Waals surface area contributed by atoms with Crippen molar-refractivity contribution in [2.24, 2.45) is 0 Å². The minimum Gasteiger partial charge on any atom is -0.497 e. The maximum Gasteiger partial charge on any atom is 0.287 e. The molecule has 28 heavy (non-hydrogen) atoms. The lowest BCUT2D eigenvalue weighted by molar-refractivity contribution is 0.0921. The zero-order valence-corrected chi connectivity index (χ0v) is 16.2. The van der Waals surface area contributed by atoms with Gasteiger partial charge in [-0.2, -0.15) is 0 Å². The Morgan fingerprint density at radius 1 is 0.893 bits per heavy atom. The molecular weight excluding hydrogens is 358 g/mol. The van der Waals surface area contributed by atoms with E-state index < -0.39 is 0 Å². The summed E-state index contributed by atoms with van der Waals surface area (Å²) in [6, 6.07) is 16.6. The first-order chi connectivity index (χ1) is 13.6. The van der Waals surface area contributed by atoms with Crippen molar-refractivity contribution in [1.29, 1.82) is 0 Å². The van der Waals surface area contributed by atoms with Gasteiger partial charge in [0.2, 0.25) is 0 Å². The Morgan fingerprint density at radius 3 is 2.29 bits per heavy atom. The minimum absolute atomic E-state index is 0.264. The molecule has 146 valence electrons. The lowest BCUT2D eigenvalue weighted by Crippen LogP contribution is -2.22. The van der Waals surface area contributed by atoms with Crippen LogP contribution >= 0.6 is 0 Å². The molecule has 6 heteroatoms. The van der Waals surface area contributed by atoms with Crippen molar-refractivity contribution in [1.82, 2.24) is 5.32 Å². The van der Waals surface area contributed by atoms with E-state index in [2.05, 4.69) is 5.32 Å². The van der Waals surface area contributed by atoms with Crippen LogP contribution in [-0.4, -0.2) is 27.2 Å². The molecule has 0 atom stereocenters. The molecule has 0 spiro atoms. The zero-order chi connectivity index (χ0) is 19.9. The quantitative estimate of drug-likeness (QED) is 0.642. The van der Waals surface area contributed by atoms with Crippen molar-refractivity contribution in [2.45, 2.75) is 13.0 Å². The summed E-state index contributed by atoms with van der Waals surface area (Å²) in [7, 11) is 4.85. The van der Waals surface area contributed by atoms with Gasteiger partial charge >= 0.3 is 0 Å². The second kappa shape index (κ2) is 8.99. The number of methoxy groups -OCH3 is 3. The first kappa shape index (κ1) is 19.4. The summed E-state index contributed by atoms with van der Waals surface area (Å²) in [5.74, 6) is 2.92. The summed E-state index contributed by atoms with van der Waals surface area (Å²) >= 11 is 0. The number of carbonyl (C=O) groups is 1. The van der Waals surface area contributed by atoms with Crippen molar-refractivity contribution in [3.8, 4) is 17.2 Å². The molecule has 0 radical (unpaired) electrons. The average molecular weight is 381 g/mol. The van der Waals surface area contributed by atoms with E-state index in [1.807, 2.05) is 42.5 Å². The fraction of sp³-hybridized carbons (Fsp3) is 0.227. The smallest absolute Gasteiger partial charge is 0.287 e. The number of ether oxygens (including phenoxy) is 3. The number of hydrogen-bond donors (Lipinski definition) is 1. The molecule has 0 aliphatic heterocycles. The molecule has 2 aromatic carbocycles.